The Balaban J connectivity index is 1.15. The molecule has 1 unspecified atom stereocenters. The number of urea groups is 1. The van der Waals surface area contributed by atoms with E-state index in [-0.39, 0.29) is 23.2 Å². The molecule has 0 spiro atoms. The number of aromatic nitrogens is 2. The Bertz CT molecular complexity index is 1280. The molecular formula is C30H35F2N5O. The van der Waals surface area contributed by atoms with E-state index in [4.69, 9.17) is 0 Å². The summed E-state index contributed by atoms with van der Waals surface area (Å²) >= 11 is 0. The molecule has 0 radical (unpaired) electrons. The number of hydrogen-bond donors (Lipinski definition) is 2. The smallest absolute Gasteiger partial charge is 0.322 e. The topological polar surface area (TPSA) is 64.3 Å². The van der Waals surface area contributed by atoms with Gasteiger partial charge >= 0.3 is 6.03 Å². The maximum absolute atomic E-state index is 13.8. The summed E-state index contributed by atoms with van der Waals surface area (Å²) in [5.41, 5.74) is 2.92. The minimum atomic E-state index is -0.958. The molecule has 6 nitrogen and oxygen atoms in total. The van der Waals surface area contributed by atoms with E-state index in [0.717, 1.165) is 75.3 Å². The van der Waals surface area contributed by atoms with Crippen LogP contribution in [0.5, 0.6) is 0 Å². The number of aromatic amines is 1. The van der Waals surface area contributed by atoms with Gasteiger partial charge in [-0.25, -0.2) is 18.6 Å². The number of rotatable bonds is 8. The van der Waals surface area contributed by atoms with Gasteiger partial charge in [0, 0.05) is 42.3 Å². The molecule has 8 heteroatoms. The van der Waals surface area contributed by atoms with E-state index >= 15 is 0 Å². The zero-order chi connectivity index (χ0) is 26.1. The van der Waals surface area contributed by atoms with Crippen LogP contribution in [0.4, 0.5) is 19.3 Å². The molecule has 2 N–H and O–H groups in total. The van der Waals surface area contributed by atoms with Crippen molar-refractivity contribution in [2.45, 2.75) is 56.4 Å². The summed E-state index contributed by atoms with van der Waals surface area (Å²) < 4.78 is 27.2. The number of benzene rings is 2. The van der Waals surface area contributed by atoms with Crippen LogP contribution in [-0.4, -0.2) is 58.0 Å². The summed E-state index contributed by atoms with van der Waals surface area (Å²) in [5, 5.41) is 2.83. The van der Waals surface area contributed by atoms with Crippen molar-refractivity contribution in [3.05, 3.63) is 72.1 Å². The fraction of sp³-hybridized carbons (Fsp3) is 0.467. The van der Waals surface area contributed by atoms with E-state index in [1.165, 1.54) is 24.5 Å². The monoisotopic (exact) mass is 519 g/mol. The van der Waals surface area contributed by atoms with Crippen LogP contribution < -0.4 is 5.32 Å². The third-order valence-electron chi connectivity index (χ3n) is 8.87. The van der Waals surface area contributed by atoms with Crippen molar-refractivity contribution in [3.63, 3.8) is 0 Å². The summed E-state index contributed by atoms with van der Waals surface area (Å²) in [6.07, 6.45) is 11.1. The second kappa shape index (κ2) is 10.5. The van der Waals surface area contributed by atoms with Crippen molar-refractivity contribution in [1.82, 2.24) is 19.8 Å². The van der Waals surface area contributed by atoms with Crippen LogP contribution in [0.1, 0.15) is 50.5 Å². The number of nitrogens with zero attached hydrogens (tertiary/aromatic N) is 3. The molecular weight excluding hydrogens is 484 g/mol. The van der Waals surface area contributed by atoms with E-state index in [2.05, 4.69) is 44.5 Å². The molecule has 2 amide bonds. The first kappa shape index (κ1) is 25.0. The third-order valence-corrected chi connectivity index (χ3v) is 8.87. The van der Waals surface area contributed by atoms with Gasteiger partial charge in [-0.15, -0.1) is 0 Å². The average Bonchev–Trinajstić information content (AvgIpc) is 3.26. The van der Waals surface area contributed by atoms with Crippen LogP contribution in [0.25, 0.3) is 11.4 Å². The van der Waals surface area contributed by atoms with Gasteiger partial charge in [0.15, 0.2) is 11.6 Å². The van der Waals surface area contributed by atoms with Gasteiger partial charge in [-0.05, 0) is 99.7 Å². The quantitative estimate of drug-likeness (QED) is 0.373. The molecule has 2 aliphatic carbocycles. The molecule has 3 fully saturated rings. The zero-order valence-electron chi connectivity index (χ0n) is 21.6. The number of carbonyl (C=O) groups excluding carboxylic acids is 1. The molecule has 3 aliphatic rings. The summed E-state index contributed by atoms with van der Waals surface area (Å²) in [5.74, 6) is -0.461. The van der Waals surface area contributed by atoms with Gasteiger partial charge in [0.05, 0.1) is 0 Å². The van der Waals surface area contributed by atoms with Crippen LogP contribution in [-0.2, 0) is 5.41 Å². The first-order chi connectivity index (χ1) is 18.5. The number of halogens is 2. The van der Waals surface area contributed by atoms with Crippen LogP contribution in [0.2, 0.25) is 0 Å². The molecule has 0 bridgehead atoms. The number of hydrogen-bond acceptors (Lipinski definition) is 3. The van der Waals surface area contributed by atoms with E-state index in [9.17, 15) is 13.6 Å². The Morgan fingerprint density at radius 2 is 2.03 bits per heavy atom. The second-order valence-electron chi connectivity index (χ2n) is 11.2. The lowest BCUT2D eigenvalue weighted by Gasteiger charge is -2.37. The Kier molecular flexibility index (Phi) is 6.91. The van der Waals surface area contributed by atoms with E-state index in [1.807, 2.05) is 11.1 Å². The average molecular weight is 520 g/mol. The molecule has 3 atom stereocenters. The molecule has 200 valence electrons. The molecule has 6 rings (SSSR count). The largest absolute Gasteiger partial charge is 0.345 e. The molecule has 1 aliphatic heterocycles. The van der Waals surface area contributed by atoms with Gasteiger partial charge in [0.25, 0.3) is 0 Å². The van der Waals surface area contributed by atoms with Gasteiger partial charge in [-0.2, -0.15) is 0 Å². The fourth-order valence-corrected chi connectivity index (χ4v) is 6.74. The maximum atomic E-state index is 13.8. The van der Waals surface area contributed by atoms with Gasteiger partial charge in [-0.1, -0.05) is 18.2 Å². The molecule has 2 heterocycles. The minimum Gasteiger partial charge on any atom is -0.345 e. The number of H-pyrrole nitrogens is 1. The van der Waals surface area contributed by atoms with Gasteiger partial charge < -0.3 is 20.1 Å². The predicted molar refractivity (Wildman–Crippen MR) is 144 cm³/mol. The second-order valence-corrected chi connectivity index (χ2v) is 11.2. The summed E-state index contributed by atoms with van der Waals surface area (Å²) in [6, 6.07) is 12.1. The number of imidazole rings is 1. The first-order valence-corrected chi connectivity index (χ1v) is 13.9. The first-order valence-electron chi connectivity index (χ1n) is 13.9. The Morgan fingerprint density at radius 1 is 1.16 bits per heavy atom. The van der Waals surface area contributed by atoms with Crippen molar-refractivity contribution in [2.75, 3.05) is 31.5 Å². The SMILES string of the molecule is O=C(Nc1ccc(F)c(F)c1)N(CCCN1CCCC1)[C@@H]1CC[C@]2(c3cccc(-c4ncc[nH]4)c3)CC2C1. The summed E-state index contributed by atoms with van der Waals surface area (Å²) in [6.45, 7) is 3.90. The number of anilines is 1. The highest BCUT2D eigenvalue weighted by molar-refractivity contribution is 5.89. The van der Waals surface area contributed by atoms with Crippen molar-refractivity contribution in [1.29, 1.82) is 0 Å². The molecule has 2 aromatic carbocycles. The molecule has 3 aromatic rings. The van der Waals surface area contributed by atoms with Crippen LogP contribution in [0.3, 0.4) is 0 Å². The van der Waals surface area contributed by atoms with Crippen molar-refractivity contribution in [2.24, 2.45) is 5.92 Å². The Hall–Kier alpha value is -3.26. The number of amides is 2. The lowest BCUT2D eigenvalue weighted by Crippen LogP contribution is -2.46. The van der Waals surface area contributed by atoms with Crippen LogP contribution in [0, 0.1) is 17.6 Å². The van der Waals surface area contributed by atoms with E-state index < -0.39 is 11.6 Å². The fourth-order valence-electron chi connectivity index (χ4n) is 6.74. The normalized spacial score (nSPS) is 24.7. The highest BCUT2D eigenvalue weighted by atomic mass is 19.2. The van der Waals surface area contributed by atoms with Crippen LogP contribution >= 0.6 is 0 Å². The van der Waals surface area contributed by atoms with Crippen LogP contribution in [0.15, 0.2) is 54.9 Å². The number of fused-ring (bicyclic) bond motifs is 1. The minimum absolute atomic E-state index is 0.132. The van der Waals surface area contributed by atoms with Crippen molar-refractivity contribution < 1.29 is 13.6 Å². The Labute approximate surface area is 222 Å². The van der Waals surface area contributed by atoms with Crippen molar-refractivity contribution in [3.8, 4) is 11.4 Å². The summed E-state index contributed by atoms with van der Waals surface area (Å²) in [7, 11) is 0. The number of carbonyl (C=O) groups is 1. The lowest BCUT2D eigenvalue weighted by atomic mass is 9.80. The summed E-state index contributed by atoms with van der Waals surface area (Å²) in [4.78, 5) is 25.5. The van der Waals surface area contributed by atoms with E-state index in [1.54, 1.807) is 6.20 Å². The highest BCUT2D eigenvalue weighted by Crippen LogP contribution is 2.63. The van der Waals surface area contributed by atoms with Gasteiger partial charge in [-0.3, -0.25) is 0 Å². The number of nitrogens with one attached hydrogen (secondary N) is 2. The van der Waals surface area contributed by atoms with Gasteiger partial charge in [0.1, 0.15) is 5.82 Å². The highest BCUT2D eigenvalue weighted by Gasteiger charge is 2.58. The lowest BCUT2D eigenvalue weighted by molar-refractivity contribution is 0.156. The molecule has 38 heavy (non-hydrogen) atoms. The molecule has 2 saturated carbocycles. The standard InChI is InChI=1S/C30H35F2N5O/c31-26-8-7-24(19-27(26)32)35-29(38)37(16-4-15-36-13-1-2-14-36)25-9-10-30(20-23(30)18-25)22-6-3-5-21(17-22)28-33-11-12-34-28/h3,5-8,11-12,17,19,23,25H,1-2,4,9-10,13-16,18,20H2,(H,33,34)(H,35,38)/t23?,25-,30-/m1/s1. The Morgan fingerprint density at radius 3 is 2.79 bits per heavy atom. The number of likely N-dealkylation sites (tertiary alicyclic amines) is 1. The maximum Gasteiger partial charge on any atom is 0.322 e. The molecule has 1 aromatic heterocycles. The van der Waals surface area contributed by atoms with Crippen molar-refractivity contribution >= 4 is 11.7 Å². The molecule has 1 saturated heterocycles. The van der Waals surface area contributed by atoms with E-state index in [0.29, 0.717) is 12.5 Å². The van der Waals surface area contributed by atoms with Gasteiger partial charge in [0.2, 0.25) is 0 Å². The third kappa shape index (κ3) is 5.06. The zero-order valence-corrected chi connectivity index (χ0v) is 21.6. The predicted octanol–water partition coefficient (Wildman–Crippen LogP) is 6.19.